The smallest absolute Gasteiger partial charge is 0.277 e. The maximum absolute atomic E-state index is 12.6. The van der Waals surface area contributed by atoms with Gasteiger partial charge in [0.2, 0.25) is 5.91 Å². The van der Waals surface area contributed by atoms with Crippen molar-refractivity contribution in [2.24, 2.45) is 5.92 Å². The number of carbonyl (C=O) groups is 1. The zero-order chi connectivity index (χ0) is 21.5. The van der Waals surface area contributed by atoms with Gasteiger partial charge in [0.05, 0.1) is 10.8 Å². The molecule has 3 aromatic rings. The number of halogens is 1. The average molecular weight is 458 g/mol. The number of likely N-dealkylation sites (tertiary alicyclic amines) is 1. The number of aromatic nitrogens is 2. The molecule has 31 heavy (non-hydrogen) atoms. The quantitative estimate of drug-likeness (QED) is 0.449. The molecule has 1 fully saturated rings. The maximum Gasteiger partial charge on any atom is 0.277 e. The number of para-hydroxylation sites is 1. The molecule has 1 aromatic heterocycles. The van der Waals surface area contributed by atoms with Crippen LogP contribution in [0.4, 0.5) is 0 Å². The second kappa shape index (κ2) is 10.7. The van der Waals surface area contributed by atoms with Gasteiger partial charge in [-0.2, -0.15) is 0 Å². The van der Waals surface area contributed by atoms with Gasteiger partial charge in [-0.05, 0) is 42.9 Å². The zero-order valence-electron chi connectivity index (χ0n) is 17.1. The summed E-state index contributed by atoms with van der Waals surface area (Å²) in [4.78, 5) is 14.5. The van der Waals surface area contributed by atoms with E-state index < -0.39 is 0 Å². The predicted molar refractivity (Wildman–Crippen MR) is 120 cm³/mol. The topological polar surface area (TPSA) is 68.5 Å². The Morgan fingerprint density at radius 1 is 1.10 bits per heavy atom. The highest BCUT2D eigenvalue weighted by atomic mass is 35.5. The van der Waals surface area contributed by atoms with Crippen LogP contribution in [0.25, 0.3) is 0 Å². The van der Waals surface area contributed by atoms with Crippen molar-refractivity contribution in [1.29, 1.82) is 0 Å². The number of amides is 1. The summed E-state index contributed by atoms with van der Waals surface area (Å²) in [5, 5.41) is 8.85. The predicted octanol–water partition coefficient (Wildman–Crippen LogP) is 4.88. The van der Waals surface area contributed by atoms with Gasteiger partial charge in [0.15, 0.2) is 6.61 Å². The van der Waals surface area contributed by atoms with E-state index in [4.69, 9.17) is 20.8 Å². The summed E-state index contributed by atoms with van der Waals surface area (Å²) < 4.78 is 11.2. The monoisotopic (exact) mass is 457 g/mol. The van der Waals surface area contributed by atoms with Crippen molar-refractivity contribution in [1.82, 2.24) is 15.1 Å². The molecule has 162 valence electrons. The van der Waals surface area contributed by atoms with E-state index in [1.54, 1.807) is 12.1 Å². The third-order valence-electron chi connectivity index (χ3n) is 5.29. The van der Waals surface area contributed by atoms with E-state index >= 15 is 0 Å². The van der Waals surface area contributed by atoms with Crippen LogP contribution in [0.5, 0.6) is 5.75 Å². The van der Waals surface area contributed by atoms with Crippen molar-refractivity contribution in [3.63, 3.8) is 0 Å². The molecule has 0 unspecified atom stereocenters. The molecule has 1 saturated heterocycles. The lowest BCUT2D eigenvalue weighted by molar-refractivity contribution is -0.129. The van der Waals surface area contributed by atoms with Crippen molar-refractivity contribution in [2.75, 3.05) is 18.8 Å². The van der Waals surface area contributed by atoms with Crippen LogP contribution in [-0.4, -0.2) is 39.8 Å². The number of thioether (sulfide) groups is 1. The fraction of sp³-hybridized carbons (Fsp3) is 0.348. The first-order chi connectivity index (χ1) is 15.2. The summed E-state index contributed by atoms with van der Waals surface area (Å²) in [6.45, 7) is 1.73. The SMILES string of the molecule is O=C(CSc1nnc(COc2ccccc2Cl)o1)N1CCC(Cc2ccccc2)CC1. The number of hydrogen-bond acceptors (Lipinski definition) is 6. The highest BCUT2D eigenvalue weighted by Gasteiger charge is 2.23. The molecule has 4 rings (SSSR count). The molecule has 8 heteroatoms. The van der Waals surface area contributed by atoms with Gasteiger partial charge in [-0.25, -0.2) is 0 Å². The molecule has 0 saturated carbocycles. The molecule has 0 N–H and O–H groups in total. The Bertz CT molecular complexity index is 990. The van der Waals surface area contributed by atoms with E-state index in [0.29, 0.717) is 27.8 Å². The van der Waals surface area contributed by atoms with Crippen molar-refractivity contribution >= 4 is 29.3 Å². The minimum atomic E-state index is 0.107. The van der Waals surface area contributed by atoms with Crippen molar-refractivity contribution < 1.29 is 13.9 Å². The first-order valence-electron chi connectivity index (χ1n) is 10.3. The molecular formula is C23H24ClN3O3S. The van der Waals surface area contributed by atoms with Crippen LogP contribution < -0.4 is 4.74 Å². The van der Waals surface area contributed by atoms with Gasteiger partial charge >= 0.3 is 0 Å². The van der Waals surface area contributed by atoms with Gasteiger partial charge in [-0.15, -0.1) is 10.2 Å². The highest BCUT2D eigenvalue weighted by Crippen LogP contribution is 2.25. The molecule has 2 heterocycles. The number of piperidine rings is 1. The molecule has 0 spiro atoms. The van der Waals surface area contributed by atoms with Crippen LogP contribution in [0.2, 0.25) is 5.02 Å². The molecule has 2 aromatic carbocycles. The van der Waals surface area contributed by atoms with E-state index in [9.17, 15) is 4.79 Å². The summed E-state index contributed by atoms with van der Waals surface area (Å²) in [6, 6.07) is 17.7. The van der Waals surface area contributed by atoms with Crippen LogP contribution in [0.1, 0.15) is 24.3 Å². The first kappa shape index (κ1) is 21.7. The molecule has 1 aliphatic rings. The molecule has 0 aliphatic carbocycles. The Kier molecular flexibility index (Phi) is 7.48. The number of carbonyl (C=O) groups excluding carboxylic acids is 1. The summed E-state index contributed by atoms with van der Waals surface area (Å²) in [7, 11) is 0. The first-order valence-corrected chi connectivity index (χ1v) is 11.7. The van der Waals surface area contributed by atoms with E-state index in [0.717, 1.165) is 32.4 Å². The Labute approximate surface area is 190 Å². The number of rotatable bonds is 8. The van der Waals surface area contributed by atoms with Gasteiger partial charge in [0, 0.05) is 13.1 Å². The normalized spacial score (nSPS) is 14.5. The van der Waals surface area contributed by atoms with Gasteiger partial charge in [0.25, 0.3) is 11.1 Å². The number of benzene rings is 2. The fourth-order valence-corrected chi connectivity index (χ4v) is 4.48. The lowest BCUT2D eigenvalue weighted by Crippen LogP contribution is -2.39. The fourth-order valence-electron chi connectivity index (χ4n) is 3.60. The standard InChI is InChI=1S/C23H24ClN3O3S/c24-19-8-4-5-9-20(19)29-15-21-25-26-23(30-21)31-16-22(28)27-12-10-18(11-13-27)14-17-6-2-1-3-7-17/h1-9,18H,10-16H2. The molecule has 1 amide bonds. The Morgan fingerprint density at radius 2 is 1.84 bits per heavy atom. The summed E-state index contributed by atoms with van der Waals surface area (Å²) in [5.41, 5.74) is 1.37. The Balaban J connectivity index is 1.19. The van der Waals surface area contributed by atoms with Crippen molar-refractivity contribution in [3.05, 3.63) is 71.1 Å². The van der Waals surface area contributed by atoms with Gasteiger partial charge < -0.3 is 14.1 Å². The molecular weight excluding hydrogens is 434 g/mol. The Morgan fingerprint density at radius 3 is 2.61 bits per heavy atom. The summed E-state index contributed by atoms with van der Waals surface area (Å²) >= 11 is 7.32. The maximum atomic E-state index is 12.6. The number of hydrogen-bond donors (Lipinski definition) is 0. The molecule has 0 atom stereocenters. The van der Waals surface area contributed by atoms with E-state index in [1.807, 2.05) is 23.1 Å². The van der Waals surface area contributed by atoms with Gasteiger partial charge in [-0.1, -0.05) is 65.8 Å². The third kappa shape index (κ3) is 6.24. The zero-order valence-corrected chi connectivity index (χ0v) is 18.6. The lowest BCUT2D eigenvalue weighted by atomic mass is 9.90. The lowest BCUT2D eigenvalue weighted by Gasteiger charge is -2.32. The van der Waals surface area contributed by atoms with Gasteiger partial charge in [-0.3, -0.25) is 4.79 Å². The molecule has 0 bridgehead atoms. The third-order valence-corrected chi connectivity index (χ3v) is 6.41. The highest BCUT2D eigenvalue weighted by molar-refractivity contribution is 7.99. The van der Waals surface area contributed by atoms with Crippen LogP contribution in [-0.2, 0) is 17.8 Å². The van der Waals surface area contributed by atoms with Crippen LogP contribution in [0, 0.1) is 5.92 Å². The average Bonchev–Trinajstić information content (AvgIpc) is 3.26. The molecule has 0 radical (unpaired) electrons. The van der Waals surface area contributed by atoms with Gasteiger partial charge in [0.1, 0.15) is 5.75 Å². The second-order valence-corrected chi connectivity index (χ2v) is 8.82. The van der Waals surface area contributed by atoms with Crippen molar-refractivity contribution in [3.8, 4) is 5.75 Å². The number of nitrogens with zero attached hydrogens (tertiary/aromatic N) is 3. The van der Waals surface area contributed by atoms with E-state index in [-0.39, 0.29) is 18.3 Å². The minimum Gasteiger partial charge on any atom is -0.482 e. The van der Waals surface area contributed by atoms with Crippen LogP contribution >= 0.6 is 23.4 Å². The molecule has 1 aliphatic heterocycles. The van der Waals surface area contributed by atoms with Crippen molar-refractivity contribution in [2.45, 2.75) is 31.1 Å². The van der Waals surface area contributed by atoms with Crippen LogP contribution in [0.3, 0.4) is 0 Å². The largest absolute Gasteiger partial charge is 0.482 e. The summed E-state index contributed by atoms with van der Waals surface area (Å²) in [5.74, 6) is 1.93. The van der Waals surface area contributed by atoms with E-state index in [2.05, 4.69) is 34.5 Å². The minimum absolute atomic E-state index is 0.107. The Hall–Kier alpha value is -2.51. The second-order valence-electron chi connectivity index (χ2n) is 7.48. The molecule has 6 nitrogen and oxygen atoms in total. The number of ether oxygens (including phenoxy) is 1. The van der Waals surface area contributed by atoms with Crippen LogP contribution in [0.15, 0.2) is 64.2 Å². The summed E-state index contributed by atoms with van der Waals surface area (Å²) in [6.07, 6.45) is 3.16. The van der Waals surface area contributed by atoms with E-state index in [1.165, 1.54) is 17.3 Å².